The van der Waals surface area contributed by atoms with Gasteiger partial charge < -0.3 is 10.6 Å². The molecular weight excluding hydrogens is 328 g/mol. The number of hydrogen-bond acceptors (Lipinski definition) is 4. The molecule has 0 saturated heterocycles. The van der Waals surface area contributed by atoms with Crippen molar-refractivity contribution in [1.82, 2.24) is 20.6 Å². The van der Waals surface area contributed by atoms with Gasteiger partial charge in [0.15, 0.2) is 0 Å². The van der Waals surface area contributed by atoms with Gasteiger partial charge in [0.1, 0.15) is 0 Å². The van der Waals surface area contributed by atoms with Crippen LogP contribution in [0.1, 0.15) is 20.7 Å². The van der Waals surface area contributed by atoms with Gasteiger partial charge in [-0.3, -0.25) is 19.6 Å². The van der Waals surface area contributed by atoms with Crippen LogP contribution in [0.25, 0.3) is 22.5 Å². The molecule has 0 unspecified atom stereocenters. The van der Waals surface area contributed by atoms with Gasteiger partial charge in [0.25, 0.3) is 11.8 Å². The van der Waals surface area contributed by atoms with Crippen molar-refractivity contribution in [3.05, 3.63) is 72.1 Å². The van der Waals surface area contributed by atoms with Crippen molar-refractivity contribution in [2.24, 2.45) is 0 Å². The van der Waals surface area contributed by atoms with Gasteiger partial charge in [-0.05, 0) is 30.3 Å². The molecule has 2 N–H and O–H groups in total. The van der Waals surface area contributed by atoms with Crippen LogP contribution in [0.4, 0.5) is 0 Å². The van der Waals surface area contributed by atoms with Gasteiger partial charge in [0.05, 0.1) is 11.4 Å². The predicted molar refractivity (Wildman–Crippen MR) is 99.7 cm³/mol. The van der Waals surface area contributed by atoms with E-state index in [1.807, 2.05) is 24.3 Å². The molecule has 0 aliphatic heterocycles. The van der Waals surface area contributed by atoms with Crippen LogP contribution in [0.5, 0.6) is 0 Å². The molecule has 26 heavy (non-hydrogen) atoms. The fourth-order valence-corrected chi connectivity index (χ4v) is 2.59. The lowest BCUT2D eigenvalue weighted by Gasteiger charge is -2.07. The van der Waals surface area contributed by atoms with Crippen LogP contribution in [-0.4, -0.2) is 35.9 Å². The first-order valence-corrected chi connectivity index (χ1v) is 8.09. The molecule has 6 heteroatoms. The first-order valence-electron chi connectivity index (χ1n) is 8.09. The zero-order valence-electron chi connectivity index (χ0n) is 14.5. The first-order chi connectivity index (χ1) is 12.6. The van der Waals surface area contributed by atoms with Crippen LogP contribution in [0.2, 0.25) is 0 Å². The summed E-state index contributed by atoms with van der Waals surface area (Å²) in [7, 11) is 3.18. The average molecular weight is 346 g/mol. The number of carbonyl (C=O) groups is 2. The Bertz CT molecular complexity index is 895. The summed E-state index contributed by atoms with van der Waals surface area (Å²) in [6.45, 7) is 0. The molecule has 1 aromatic carbocycles. The van der Waals surface area contributed by atoms with E-state index in [-0.39, 0.29) is 11.8 Å². The molecule has 6 nitrogen and oxygen atoms in total. The topological polar surface area (TPSA) is 84.0 Å². The minimum atomic E-state index is -0.162. The maximum atomic E-state index is 11.8. The minimum Gasteiger partial charge on any atom is -0.355 e. The summed E-state index contributed by atoms with van der Waals surface area (Å²) in [6, 6.07) is 14.5. The van der Waals surface area contributed by atoms with Crippen molar-refractivity contribution in [2.75, 3.05) is 14.1 Å². The maximum Gasteiger partial charge on any atom is 0.251 e. The van der Waals surface area contributed by atoms with Crippen molar-refractivity contribution >= 4 is 11.8 Å². The van der Waals surface area contributed by atoms with E-state index in [0.717, 1.165) is 11.1 Å². The second-order valence-electron chi connectivity index (χ2n) is 5.60. The molecule has 0 aliphatic rings. The van der Waals surface area contributed by atoms with Crippen LogP contribution < -0.4 is 10.6 Å². The molecule has 0 fully saturated rings. The molecule has 0 saturated carbocycles. The Hall–Kier alpha value is -3.54. The van der Waals surface area contributed by atoms with E-state index >= 15 is 0 Å². The lowest BCUT2D eigenvalue weighted by Crippen LogP contribution is -2.17. The van der Waals surface area contributed by atoms with E-state index in [0.29, 0.717) is 22.5 Å². The summed E-state index contributed by atoms with van der Waals surface area (Å²) in [5.41, 5.74) is 4.19. The SMILES string of the molecule is CNC(=O)c1ccnc(-c2cccc(-c3cc(C(=O)NC)ccn3)c2)c1. The summed E-state index contributed by atoms with van der Waals surface area (Å²) in [6.07, 6.45) is 3.22. The molecule has 0 radical (unpaired) electrons. The summed E-state index contributed by atoms with van der Waals surface area (Å²) >= 11 is 0. The second-order valence-corrected chi connectivity index (χ2v) is 5.60. The molecule has 2 aromatic heterocycles. The lowest BCUT2D eigenvalue weighted by atomic mass is 10.0. The highest BCUT2D eigenvalue weighted by molar-refractivity contribution is 5.95. The number of nitrogens with zero attached hydrogens (tertiary/aromatic N) is 2. The van der Waals surface area contributed by atoms with Crippen LogP contribution in [-0.2, 0) is 0 Å². The summed E-state index contributed by atoms with van der Waals surface area (Å²) in [4.78, 5) is 32.4. The van der Waals surface area contributed by atoms with Crippen molar-refractivity contribution < 1.29 is 9.59 Å². The number of rotatable bonds is 4. The first kappa shape index (κ1) is 17.3. The molecule has 2 amide bonds. The van der Waals surface area contributed by atoms with E-state index in [9.17, 15) is 9.59 Å². The average Bonchev–Trinajstić information content (AvgIpc) is 2.72. The number of hydrogen-bond donors (Lipinski definition) is 2. The van der Waals surface area contributed by atoms with E-state index in [1.54, 1.807) is 50.8 Å². The molecule has 0 aliphatic carbocycles. The minimum absolute atomic E-state index is 0.162. The predicted octanol–water partition coefficient (Wildman–Crippen LogP) is 2.53. The summed E-state index contributed by atoms with van der Waals surface area (Å²) in [5.74, 6) is -0.325. The Kier molecular flexibility index (Phi) is 5.03. The molecule has 0 bridgehead atoms. The summed E-state index contributed by atoms with van der Waals surface area (Å²) < 4.78 is 0. The zero-order chi connectivity index (χ0) is 18.5. The van der Waals surface area contributed by atoms with E-state index in [2.05, 4.69) is 20.6 Å². The third kappa shape index (κ3) is 3.59. The number of pyridine rings is 2. The van der Waals surface area contributed by atoms with Crippen molar-refractivity contribution in [1.29, 1.82) is 0 Å². The monoisotopic (exact) mass is 346 g/mol. The Morgan fingerprint density at radius 1 is 0.731 bits per heavy atom. The van der Waals surface area contributed by atoms with Crippen LogP contribution in [0, 0.1) is 0 Å². The van der Waals surface area contributed by atoms with Gasteiger partial charge in [0.2, 0.25) is 0 Å². The summed E-state index contributed by atoms with van der Waals surface area (Å²) in [5, 5.41) is 5.21. The van der Waals surface area contributed by atoms with Gasteiger partial charge >= 0.3 is 0 Å². The second kappa shape index (κ2) is 7.57. The third-order valence-corrected chi connectivity index (χ3v) is 3.95. The highest BCUT2D eigenvalue weighted by atomic mass is 16.2. The largest absolute Gasteiger partial charge is 0.355 e. The van der Waals surface area contributed by atoms with Gasteiger partial charge in [-0.1, -0.05) is 18.2 Å². The van der Waals surface area contributed by atoms with Gasteiger partial charge in [-0.25, -0.2) is 0 Å². The number of nitrogens with one attached hydrogen (secondary N) is 2. The molecular formula is C20H18N4O2. The quantitative estimate of drug-likeness (QED) is 0.760. The zero-order valence-corrected chi connectivity index (χ0v) is 14.5. The Morgan fingerprint density at radius 3 is 1.62 bits per heavy atom. The molecule has 0 spiro atoms. The molecule has 3 rings (SSSR count). The van der Waals surface area contributed by atoms with Crippen molar-refractivity contribution in [3.8, 4) is 22.5 Å². The number of benzene rings is 1. The fraction of sp³-hybridized carbons (Fsp3) is 0.100. The van der Waals surface area contributed by atoms with Crippen LogP contribution in [0.15, 0.2) is 60.9 Å². The molecule has 2 heterocycles. The standard InChI is InChI=1S/C20H18N4O2/c1-21-19(25)15-6-8-23-17(11-15)13-4-3-5-14(10-13)18-12-16(7-9-24-18)20(26)22-2/h3-12H,1-2H3,(H,21,25)(H,22,26). The maximum absolute atomic E-state index is 11.8. The highest BCUT2D eigenvalue weighted by Crippen LogP contribution is 2.25. The van der Waals surface area contributed by atoms with Crippen LogP contribution >= 0.6 is 0 Å². The lowest BCUT2D eigenvalue weighted by molar-refractivity contribution is 0.0955. The molecule has 0 atom stereocenters. The van der Waals surface area contributed by atoms with Crippen LogP contribution in [0.3, 0.4) is 0 Å². The van der Waals surface area contributed by atoms with Crippen molar-refractivity contribution in [2.45, 2.75) is 0 Å². The van der Waals surface area contributed by atoms with Gasteiger partial charge in [-0.15, -0.1) is 0 Å². The Balaban J connectivity index is 1.99. The van der Waals surface area contributed by atoms with E-state index < -0.39 is 0 Å². The van der Waals surface area contributed by atoms with Crippen molar-refractivity contribution in [3.63, 3.8) is 0 Å². The van der Waals surface area contributed by atoms with Gasteiger partial charge in [0, 0.05) is 48.7 Å². The van der Waals surface area contributed by atoms with E-state index in [4.69, 9.17) is 0 Å². The number of aromatic nitrogens is 2. The highest BCUT2D eigenvalue weighted by Gasteiger charge is 2.09. The molecule has 3 aromatic rings. The van der Waals surface area contributed by atoms with E-state index in [1.165, 1.54) is 0 Å². The smallest absolute Gasteiger partial charge is 0.251 e. The number of amides is 2. The third-order valence-electron chi connectivity index (χ3n) is 3.95. The normalized spacial score (nSPS) is 10.2. The Labute approximate surface area is 151 Å². The number of carbonyl (C=O) groups excluding carboxylic acids is 2. The molecule has 130 valence electrons. The Morgan fingerprint density at radius 2 is 1.19 bits per heavy atom. The van der Waals surface area contributed by atoms with Gasteiger partial charge in [-0.2, -0.15) is 0 Å². The fourth-order valence-electron chi connectivity index (χ4n) is 2.59.